The summed E-state index contributed by atoms with van der Waals surface area (Å²) >= 11 is 0. The van der Waals surface area contributed by atoms with Gasteiger partial charge in [0.15, 0.2) is 0 Å². The van der Waals surface area contributed by atoms with Gasteiger partial charge in [0, 0.05) is 0 Å². The van der Waals surface area contributed by atoms with E-state index in [1.54, 1.807) is 0 Å². The number of anilines is 1. The Hall–Kier alpha value is -1.90. The van der Waals surface area contributed by atoms with E-state index in [1.807, 2.05) is 44.2 Å². The van der Waals surface area contributed by atoms with Crippen LogP contribution in [0.4, 0.5) is 5.69 Å². The molecule has 1 aromatic carbocycles. The van der Waals surface area contributed by atoms with Crippen molar-refractivity contribution in [3.05, 3.63) is 42.5 Å². The Bertz CT molecular complexity index is 713. The highest BCUT2D eigenvalue weighted by Crippen LogP contribution is 2.70. The van der Waals surface area contributed by atoms with Crippen LogP contribution in [0.2, 0.25) is 0 Å². The van der Waals surface area contributed by atoms with Crippen molar-refractivity contribution in [2.45, 2.75) is 26.7 Å². The monoisotopic (exact) mass is 335 g/mol. The predicted octanol–water partition coefficient (Wildman–Crippen LogP) is 3.91. The molecule has 3 nitrogen and oxygen atoms in total. The minimum atomic E-state index is -0.0401. The smallest absolute Gasteiger partial charge is 0.237 e. The number of amides is 2. The number of allylic oxidation sites excluding steroid dienone is 2. The zero-order valence-electron chi connectivity index (χ0n) is 14.8. The maximum atomic E-state index is 13.1. The van der Waals surface area contributed by atoms with Crippen molar-refractivity contribution in [1.82, 2.24) is 0 Å². The zero-order chi connectivity index (χ0) is 17.3. The van der Waals surface area contributed by atoms with Gasteiger partial charge in [0.2, 0.25) is 11.8 Å². The summed E-state index contributed by atoms with van der Waals surface area (Å²) in [5.74, 6) is 3.65. The van der Waals surface area contributed by atoms with Crippen LogP contribution in [-0.2, 0) is 9.59 Å². The SMILES string of the molecule is CC.O=C1C2C3CC(C2C(=O)N1c1ccccc1)C1C2C=CC(C2)C31. The normalized spacial score (nSPS) is 44.8. The van der Waals surface area contributed by atoms with E-state index in [-0.39, 0.29) is 23.7 Å². The number of para-hydroxylation sites is 1. The van der Waals surface area contributed by atoms with Gasteiger partial charge in [-0.25, -0.2) is 0 Å². The number of hydrogen-bond acceptors (Lipinski definition) is 2. The second-order valence-electron chi connectivity index (χ2n) is 8.07. The van der Waals surface area contributed by atoms with E-state index in [9.17, 15) is 9.59 Å². The molecule has 5 aliphatic rings. The summed E-state index contributed by atoms with van der Waals surface area (Å²) in [6.07, 6.45) is 7.15. The summed E-state index contributed by atoms with van der Waals surface area (Å²) in [5, 5.41) is 0. The summed E-state index contributed by atoms with van der Waals surface area (Å²) in [5.41, 5.74) is 0.752. The molecular weight excluding hydrogens is 310 g/mol. The Labute approximate surface area is 149 Å². The van der Waals surface area contributed by atoms with Crippen LogP contribution in [0.3, 0.4) is 0 Å². The Morgan fingerprint density at radius 3 is 1.84 bits per heavy atom. The third-order valence-corrected chi connectivity index (χ3v) is 7.45. The van der Waals surface area contributed by atoms with Crippen molar-refractivity contribution in [3.63, 3.8) is 0 Å². The van der Waals surface area contributed by atoms with Gasteiger partial charge in [-0.3, -0.25) is 14.5 Å². The fraction of sp³-hybridized carbons (Fsp3) is 0.545. The van der Waals surface area contributed by atoms with Gasteiger partial charge in [0.05, 0.1) is 17.5 Å². The molecule has 3 saturated carbocycles. The number of hydrogen-bond donors (Lipinski definition) is 0. The van der Waals surface area contributed by atoms with E-state index in [0.29, 0.717) is 35.5 Å². The molecule has 1 saturated heterocycles. The third kappa shape index (κ3) is 1.77. The van der Waals surface area contributed by atoms with Crippen molar-refractivity contribution in [2.75, 3.05) is 4.90 Å². The molecule has 3 heteroatoms. The van der Waals surface area contributed by atoms with E-state index >= 15 is 0 Å². The van der Waals surface area contributed by atoms with Crippen LogP contribution < -0.4 is 4.90 Å². The lowest BCUT2D eigenvalue weighted by Gasteiger charge is -2.36. The molecule has 4 aliphatic carbocycles. The number of fused-ring (bicyclic) bond motifs is 12. The summed E-state index contributed by atoms with van der Waals surface area (Å²) in [6, 6.07) is 9.48. The number of benzene rings is 1. The third-order valence-electron chi connectivity index (χ3n) is 7.45. The molecule has 4 bridgehead atoms. The average molecular weight is 335 g/mol. The van der Waals surface area contributed by atoms with Gasteiger partial charge in [-0.15, -0.1) is 0 Å². The molecule has 0 aromatic heterocycles. The van der Waals surface area contributed by atoms with Gasteiger partial charge < -0.3 is 0 Å². The number of imide groups is 1. The first-order chi connectivity index (χ1) is 12.3. The van der Waals surface area contributed by atoms with Crippen molar-refractivity contribution in [1.29, 1.82) is 0 Å². The van der Waals surface area contributed by atoms with Gasteiger partial charge in [0.25, 0.3) is 0 Å². The highest BCUT2D eigenvalue weighted by Gasteiger charge is 2.71. The van der Waals surface area contributed by atoms with E-state index in [1.165, 1.54) is 11.3 Å². The van der Waals surface area contributed by atoms with E-state index in [4.69, 9.17) is 0 Å². The number of carbonyl (C=O) groups is 2. The fourth-order valence-corrected chi connectivity index (χ4v) is 6.95. The van der Waals surface area contributed by atoms with E-state index < -0.39 is 0 Å². The molecule has 1 heterocycles. The molecule has 6 rings (SSSR count). The predicted molar refractivity (Wildman–Crippen MR) is 96.6 cm³/mol. The first-order valence-corrected chi connectivity index (χ1v) is 9.87. The van der Waals surface area contributed by atoms with Gasteiger partial charge in [-0.05, 0) is 60.5 Å². The molecule has 1 aromatic rings. The summed E-state index contributed by atoms with van der Waals surface area (Å²) < 4.78 is 0. The highest BCUT2D eigenvalue weighted by atomic mass is 16.2. The second-order valence-corrected chi connectivity index (χ2v) is 8.07. The first kappa shape index (κ1) is 15.4. The zero-order valence-corrected chi connectivity index (χ0v) is 14.8. The minimum Gasteiger partial charge on any atom is -0.274 e. The van der Waals surface area contributed by atoms with E-state index in [0.717, 1.165) is 12.1 Å². The van der Waals surface area contributed by atoms with Gasteiger partial charge >= 0.3 is 0 Å². The first-order valence-electron chi connectivity index (χ1n) is 9.87. The molecule has 0 radical (unpaired) electrons. The largest absolute Gasteiger partial charge is 0.274 e. The molecular formula is C22H25NO2. The van der Waals surface area contributed by atoms with Crippen LogP contribution in [-0.4, -0.2) is 11.8 Å². The summed E-state index contributed by atoms with van der Waals surface area (Å²) in [4.78, 5) is 27.6. The molecule has 8 atom stereocenters. The van der Waals surface area contributed by atoms with Crippen molar-refractivity contribution in [2.24, 2.45) is 47.3 Å². The van der Waals surface area contributed by atoms with Gasteiger partial charge in [-0.1, -0.05) is 44.2 Å². The van der Waals surface area contributed by atoms with Crippen LogP contribution in [0.1, 0.15) is 26.7 Å². The molecule has 0 spiro atoms. The molecule has 130 valence electrons. The molecule has 0 N–H and O–H groups in total. The topological polar surface area (TPSA) is 37.4 Å². The second kappa shape index (κ2) is 5.30. The Kier molecular flexibility index (Phi) is 3.25. The molecule has 1 aliphatic heterocycles. The summed E-state index contributed by atoms with van der Waals surface area (Å²) in [7, 11) is 0. The molecule has 2 amide bonds. The maximum absolute atomic E-state index is 13.1. The average Bonchev–Trinajstić information content (AvgIpc) is 3.43. The van der Waals surface area contributed by atoms with Gasteiger partial charge in [0.1, 0.15) is 0 Å². The Balaban J connectivity index is 0.000000679. The standard InChI is InChI=1S/C20H19NO2.C2H6/c22-19-17-13-9-14(16-11-7-6-10(8-11)15(13)16)18(17)20(23)21(19)12-4-2-1-3-5-12;1-2/h1-7,10-11,13-18H,8-9H2;1-2H3. The van der Waals surface area contributed by atoms with Crippen LogP contribution in [0, 0.1) is 47.3 Å². The van der Waals surface area contributed by atoms with Crippen molar-refractivity contribution in [3.8, 4) is 0 Å². The lowest BCUT2D eigenvalue weighted by atomic mass is 9.65. The quantitative estimate of drug-likeness (QED) is 0.443. The lowest BCUT2D eigenvalue weighted by Crippen LogP contribution is -2.38. The Morgan fingerprint density at radius 1 is 0.800 bits per heavy atom. The van der Waals surface area contributed by atoms with Crippen LogP contribution >= 0.6 is 0 Å². The Morgan fingerprint density at radius 2 is 1.32 bits per heavy atom. The van der Waals surface area contributed by atoms with Crippen molar-refractivity contribution >= 4 is 17.5 Å². The number of rotatable bonds is 1. The number of carbonyl (C=O) groups excluding carboxylic acids is 2. The molecule has 4 fully saturated rings. The molecule has 25 heavy (non-hydrogen) atoms. The van der Waals surface area contributed by atoms with Crippen molar-refractivity contribution < 1.29 is 9.59 Å². The number of nitrogens with zero attached hydrogens (tertiary/aromatic N) is 1. The summed E-state index contributed by atoms with van der Waals surface area (Å²) in [6.45, 7) is 4.00. The van der Waals surface area contributed by atoms with Crippen LogP contribution in [0.15, 0.2) is 42.5 Å². The highest BCUT2D eigenvalue weighted by molar-refractivity contribution is 6.22. The maximum Gasteiger partial charge on any atom is 0.237 e. The molecule has 8 unspecified atom stereocenters. The van der Waals surface area contributed by atoms with Crippen LogP contribution in [0.25, 0.3) is 0 Å². The van der Waals surface area contributed by atoms with E-state index in [2.05, 4.69) is 12.2 Å². The minimum absolute atomic E-state index is 0.0401. The fourth-order valence-electron chi connectivity index (χ4n) is 6.95. The van der Waals surface area contributed by atoms with Gasteiger partial charge in [-0.2, -0.15) is 0 Å². The van der Waals surface area contributed by atoms with Crippen LogP contribution in [0.5, 0.6) is 0 Å². The lowest BCUT2D eigenvalue weighted by molar-refractivity contribution is -0.123.